The Kier molecular flexibility index (Phi) is 4.13. The van der Waals surface area contributed by atoms with Gasteiger partial charge in [0.25, 0.3) is 0 Å². The van der Waals surface area contributed by atoms with Gasteiger partial charge >= 0.3 is 0 Å². The van der Waals surface area contributed by atoms with E-state index in [4.69, 9.17) is 4.74 Å². The molecule has 108 valence electrons. The lowest BCUT2D eigenvalue weighted by Gasteiger charge is -2.42. The molecule has 19 heavy (non-hydrogen) atoms. The molecule has 0 aromatic carbocycles. The van der Waals surface area contributed by atoms with Gasteiger partial charge < -0.3 is 15.0 Å². The maximum absolute atomic E-state index is 12.1. The van der Waals surface area contributed by atoms with Crippen LogP contribution in [0.3, 0.4) is 0 Å². The van der Waals surface area contributed by atoms with E-state index in [-0.39, 0.29) is 35.9 Å². The van der Waals surface area contributed by atoms with Gasteiger partial charge in [-0.25, -0.2) is 0 Å². The molecule has 0 radical (unpaired) electrons. The summed E-state index contributed by atoms with van der Waals surface area (Å²) in [4.78, 5) is 25.9. The summed E-state index contributed by atoms with van der Waals surface area (Å²) in [6, 6.07) is -0.379. The molecule has 2 aliphatic rings. The van der Waals surface area contributed by atoms with Crippen LogP contribution in [0.1, 0.15) is 40.0 Å². The second kappa shape index (κ2) is 5.49. The number of rotatable bonds is 3. The first kappa shape index (κ1) is 14.3. The van der Waals surface area contributed by atoms with Gasteiger partial charge in [0.1, 0.15) is 6.04 Å². The largest absolute Gasteiger partial charge is 0.378 e. The van der Waals surface area contributed by atoms with E-state index in [2.05, 4.69) is 5.32 Å². The van der Waals surface area contributed by atoms with Crippen molar-refractivity contribution in [3.63, 3.8) is 0 Å². The Morgan fingerprint density at radius 1 is 1.37 bits per heavy atom. The number of nitrogens with one attached hydrogen (secondary N) is 1. The molecule has 2 unspecified atom stereocenters. The van der Waals surface area contributed by atoms with E-state index in [0.29, 0.717) is 6.54 Å². The molecule has 2 rings (SSSR count). The topological polar surface area (TPSA) is 58.6 Å². The highest BCUT2D eigenvalue weighted by atomic mass is 16.5. The van der Waals surface area contributed by atoms with Crippen molar-refractivity contribution in [3.8, 4) is 0 Å². The third-order valence-electron chi connectivity index (χ3n) is 3.83. The standard InChI is InChI=1S/C14H24N2O3/c1-14(2,3)12-13(18)15-9-11(17)16(12)7-6-10-5-4-8-19-10/h10,12H,4-9H2,1-3H3,(H,15,18). The molecular formula is C14H24N2O3. The van der Waals surface area contributed by atoms with Gasteiger partial charge in [0.15, 0.2) is 0 Å². The summed E-state index contributed by atoms with van der Waals surface area (Å²) in [6.45, 7) is 7.54. The molecule has 5 nitrogen and oxygen atoms in total. The smallest absolute Gasteiger partial charge is 0.243 e. The van der Waals surface area contributed by atoms with Crippen molar-refractivity contribution < 1.29 is 14.3 Å². The van der Waals surface area contributed by atoms with Gasteiger partial charge in [-0.3, -0.25) is 9.59 Å². The second-order valence-corrected chi connectivity index (χ2v) is 6.50. The van der Waals surface area contributed by atoms with Crippen molar-refractivity contribution in [2.24, 2.45) is 5.41 Å². The van der Waals surface area contributed by atoms with Gasteiger partial charge in [-0.15, -0.1) is 0 Å². The van der Waals surface area contributed by atoms with E-state index in [9.17, 15) is 9.59 Å². The summed E-state index contributed by atoms with van der Waals surface area (Å²) in [7, 11) is 0. The third kappa shape index (κ3) is 3.26. The maximum Gasteiger partial charge on any atom is 0.243 e. The molecule has 2 saturated heterocycles. The predicted molar refractivity (Wildman–Crippen MR) is 71.6 cm³/mol. The first-order chi connectivity index (χ1) is 8.89. The summed E-state index contributed by atoms with van der Waals surface area (Å²) >= 11 is 0. The molecule has 2 aliphatic heterocycles. The Hall–Kier alpha value is -1.10. The van der Waals surface area contributed by atoms with Gasteiger partial charge in [0.05, 0.1) is 12.6 Å². The van der Waals surface area contributed by atoms with Crippen molar-refractivity contribution in [1.82, 2.24) is 10.2 Å². The Labute approximate surface area is 114 Å². The molecule has 0 bridgehead atoms. The maximum atomic E-state index is 12.1. The van der Waals surface area contributed by atoms with Crippen LogP contribution >= 0.6 is 0 Å². The monoisotopic (exact) mass is 268 g/mol. The van der Waals surface area contributed by atoms with Gasteiger partial charge in [-0.05, 0) is 24.7 Å². The molecular weight excluding hydrogens is 244 g/mol. The number of ether oxygens (including phenoxy) is 1. The lowest BCUT2D eigenvalue weighted by atomic mass is 9.83. The van der Waals surface area contributed by atoms with Crippen LogP contribution in [0.5, 0.6) is 0 Å². The minimum atomic E-state index is -0.379. The van der Waals surface area contributed by atoms with Crippen molar-refractivity contribution >= 4 is 11.8 Å². The zero-order chi connectivity index (χ0) is 14.0. The number of carbonyl (C=O) groups is 2. The van der Waals surface area contributed by atoms with Crippen LogP contribution in [-0.4, -0.2) is 48.6 Å². The van der Waals surface area contributed by atoms with Gasteiger partial charge in [-0.2, -0.15) is 0 Å². The molecule has 0 saturated carbocycles. The van der Waals surface area contributed by atoms with Crippen LogP contribution in [0.25, 0.3) is 0 Å². The number of amides is 2. The Balaban J connectivity index is 2.03. The Morgan fingerprint density at radius 3 is 2.68 bits per heavy atom. The van der Waals surface area contributed by atoms with Crippen molar-refractivity contribution in [2.75, 3.05) is 19.7 Å². The molecule has 0 aromatic heterocycles. The van der Waals surface area contributed by atoms with E-state index in [1.165, 1.54) is 0 Å². The average Bonchev–Trinajstić information content (AvgIpc) is 2.81. The van der Waals surface area contributed by atoms with E-state index < -0.39 is 0 Å². The molecule has 0 aliphatic carbocycles. The SMILES string of the molecule is CC(C)(C)C1C(=O)NCC(=O)N1CCC1CCCO1. The fourth-order valence-electron chi connectivity index (χ4n) is 2.92. The lowest BCUT2D eigenvalue weighted by Crippen LogP contribution is -2.63. The zero-order valence-electron chi connectivity index (χ0n) is 12.1. The first-order valence-electron chi connectivity index (χ1n) is 7.08. The number of hydrogen-bond donors (Lipinski definition) is 1. The van der Waals surface area contributed by atoms with Crippen LogP contribution in [0, 0.1) is 5.41 Å². The van der Waals surface area contributed by atoms with Gasteiger partial charge in [-0.1, -0.05) is 20.8 Å². The quantitative estimate of drug-likeness (QED) is 0.828. The molecule has 2 atom stereocenters. The van der Waals surface area contributed by atoms with E-state index >= 15 is 0 Å². The van der Waals surface area contributed by atoms with Crippen LogP contribution in [-0.2, 0) is 14.3 Å². The van der Waals surface area contributed by atoms with Crippen LogP contribution in [0.4, 0.5) is 0 Å². The fraction of sp³-hybridized carbons (Fsp3) is 0.857. The number of nitrogens with zero attached hydrogens (tertiary/aromatic N) is 1. The Bertz CT molecular complexity index is 356. The Morgan fingerprint density at radius 2 is 2.11 bits per heavy atom. The number of hydrogen-bond acceptors (Lipinski definition) is 3. The summed E-state index contributed by atoms with van der Waals surface area (Å²) < 4.78 is 5.59. The molecule has 2 fully saturated rings. The molecule has 5 heteroatoms. The van der Waals surface area contributed by atoms with Crippen molar-refractivity contribution in [1.29, 1.82) is 0 Å². The summed E-state index contributed by atoms with van der Waals surface area (Å²) in [6.07, 6.45) is 3.24. The molecule has 2 heterocycles. The second-order valence-electron chi connectivity index (χ2n) is 6.50. The average molecular weight is 268 g/mol. The zero-order valence-corrected chi connectivity index (χ0v) is 12.1. The van der Waals surface area contributed by atoms with E-state index in [0.717, 1.165) is 25.9 Å². The highest BCUT2D eigenvalue weighted by Gasteiger charge is 2.42. The number of carbonyl (C=O) groups excluding carboxylic acids is 2. The minimum Gasteiger partial charge on any atom is -0.378 e. The third-order valence-corrected chi connectivity index (χ3v) is 3.83. The van der Waals surface area contributed by atoms with Crippen LogP contribution in [0.2, 0.25) is 0 Å². The van der Waals surface area contributed by atoms with E-state index in [1.807, 2.05) is 20.8 Å². The van der Waals surface area contributed by atoms with Crippen LogP contribution in [0.15, 0.2) is 0 Å². The fourth-order valence-corrected chi connectivity index (χ4v) is 2.92. The van der Waals surface area contributed by atoms with Gasteiger partial charge in [0.2, 0.25) is 11.8 Å². The highest BCUT2D eigenvalue weighted by molar-refractivity contribution is 5.95. The van der Waals surface area contributed by atoms with E-state index in [1.54, 1.807) is 4.90 Å². The van der Waals surface area contributed by atoms with Crippen LogP contribution < -0.4 is 5.32 Å². The van der Waals surface area contributed by atoms with Gasteiger partial charge in [0, 0.05) is 13.2 Å². The highest BCUT2D eigenvalue weighted by Crippen LogP contribution is 2.27. The minimum absolute atomic E-state index is 0.0116. The normalized spacial score (nSPS) is 28.7. The summed E-state index contributed by atoms with van der Waals surface area (Å²) in [5, 5.41) is 2.68. The molecule has 0 aromatic rings. The molecule has 2 amide bonds. The summed E-state index contributed by atoms with van der Waals surface area (Å²) in [5.74, 6) is -0.0306. The first-order valence-corrected chi connectivity index (χ1v) is 7.08. The molecule has 0 spiro atoms. The van der Waals surface area contributed by atoms with Crippen molar-refractivity contribution in [2.45, 2.75) is 52.2 Å². The summed E-state index contributed by atoms with van der Waals surface area (Å²) in [5.41, 5.74) is -0.253. The number of piperazine rings is 1. The lowest BCUT2D eigenvalue weighted by molar-refractivity contribution is -0.150. The predicted octanol–water partition coefficient (Wildman–Crippen LogP) is 0.929. The molecule has 1 N–H and O–H groups in total. The van der Waals surface area contributed by atoms with Crippen molar-refractivity contribution in [3.05, 3.63) is 0 Å².